The molecule has 1 aliphatic rings. The summed E-state index contributed by atoms with van der Waals surface area (Å²) >= 11 is 0. The van der Waals surface area contributed by atoms with Crippen molar-refractivity contribution < 1.29 is 23.8 Å². The maximum atomic E-state index is 13.2. The summed E-state index contributed by atoms with van der Waals surface area (Å²) in [4.78, 5) is 17.6. The van der Waals surface area contributed by atoms with Gasteiger partial charge in [0.05, 0.1) is 12.3 Å². The van der Waals surface area contributed by atoms with Crippen molar-refractivity contribution in [2.75, 3.05) is 19.8 Å². The van der Waals surface area contributed by atoms with Crippen LogP contribution >= 0.6 is 12.4 Å². The third-order valence-electron chi connectivity index (χ3n) is 5.98. The van der Waals surface area contributed by atoms with Crippen molar-refractivity contribution >= 4 is 29.2 Å². The molecule has 2 aromatic heterocycles. The van der Waals surface area contributed by atoms with Gasteiger partial charge in [-0.25, -0.2) is 0 Å². The summed E-state index contributed by atoms with van der Waals surface area (Å²) in [6.07, 6.45) is 2.49. The van der Waals surface area contributed by atoms with Crippen molar-refractivity contribution in [3.63, 3.8) is 0 Å². The van der Waals surface area contributed by atoms with Crippen LogP contribution in [0.3, 0.4) is 0 Å². The van der Waals surface area contributed by atoms with Crippen LogP contribution in [0.5, 0.6) is 11.5 Å². The average molecular weight is 495 g/mol. The van der Waals surface area contributed by atoms with E-state index in [2.05, 4.69) is 10.3 Å². The Kier molecular flexibility index (Phi) is 7.70. The second kappa shape index (κ2) is 10.9. The van der Waals surface area contributed by atoms with Gasteiger partial charge in [0, 0.05) is 29.7 Å². The first-order valence-electron chi connectivity index (χ1n) is 11.3. The molecule has 0 saturated heterocycles. The number of ether oxygens (including phenoxy) is 2. The molecule has 0 spiro atoms. The zero-order chi connectivity index (χ0) is 23.5. The molecule has 2 N–H and O–H groups in total. The topological polar surface area (TPSA) is 93.8 Å². The monoisotopic (exact) mass is 494 g/mol. The van der Waals surface area contributed by atoms with E-state index in [1.165, 1.54) is 0 Å². The highest BCUT2D eigenvalue weighted by atomic mass is 35.5. The lowest BCUT2D eigenvalue weighted by atomic mass is 10.1. The minimum atomic E-state index is -0.233. The average Bonchev–Trinajstić information content (AvgIpc) is 3.34. The number of ketones is 1. The van der Waals surface area contributed by atoms with E-state index in [4.69, 9.17) is 13.9 Å². The lowest BCUT2D eigenvalue weighted by Crippen LogP contribution is -2.34. The lowest BCUT2D eigenvalue weighted by Gasteiger charge is -2.18. The first-order valence-corrected chi connectivity index (χ1v) is 11.3. The largest absolute Gasteiger partial charge is 0.486 e. The summed E-state index contributed by atoms with van der Waals surface area (Å²) in [6, 6.07) is 16.8. The number of fused-ring (bicyclic) bond motifs is 2. The van der Waals surface area contributed by atoms with Gasteiger partial charge in [-0.15, -0.1) is 12.4 Å². The number of aliphatic hydroxyl groups excluding tert-OH is 1. The van der Waals surface area contributed by atoms with Gasteiger partial charge in [-0.2, -0.15) is 0 Å². The predicted molar refractivity (Wildman–Crippen MR) is 135 cm³/mol. The van der Waals surface area contributed by atoms with Crippen LogP contribution in [0.4, 0.5) is 0 Å². The number of aromatic nitrogens is 1. The maximum absolute atomic E-state index is 13.2. The summed E-state index contributed by atoms with van der Waals surface area (Å²) < 4.78 is 17.1. The molecule has 8 heteroatoms. The van der Waals surface area contributed by atoms with Crippen LogP contribution < -0.4 is 14.8 Å². The van der Waals surface area contributed by atoms with Crippen LogP contribution in [0.2, 0.25) is 0 Å². The van der Waals surface area contributed by atoms with Crippen molar-refractivity contribution in [3.8, 4) is 11.5 Å². The molecule has 4 aromatic rings. The summed E-state index contributed by atoms with van der Waals surface area (Å²) in [5.41, 5.74) is 3.82. The molecule has 1 unspecified atom stereocenters. The normalized spacial score (nSPS) is 13.3. The molecule has 1 aliphatic heterocycles. The molecule has 3 heterocycles. The molecule has 0 radical (unpaired) electrons. The number of rotatable bonds is 8. The van der Waals surface area contributed by atoms with Crippen LogP contribution in [0.15, 0.2) is 65.2 Å². The van der Waals surface area contributed by atoms with E-state index in [0.717, 1.165) is 16.5 Å². The van der Waals surface area contributed by atoms with Crippen LogP contribution in [0.25, 0.3) is 11.0 Å². The lowest BCUT2D eigenvalue weighted by molar-refractivity contribution is 0.101. The Balaban J connectivity index is 0.00000289. The predicted octanol–water partition coefficient (Wildman–Crippen LogP) is 4.25. The number of benzene rings is 2. The van der Waals surface area contributed by atoms with Gasteiger partial charge in [-0.05, 0) is 48.7 Å². The van der Waals surface area contributed by atoms with Gasteiger partial charge in [0.1, 0.15) is 13.2 Å². The Morgan fingerprint density at radius 3 is 2.63 bits per heavy atom. The molecule has 0 saturated carbocycles. The van der Waals surface area contributed by atoms with Crippen LogP contribution in [0.1, 0.15) is 32.9 Å². The fourth-order valence-corrected chi connectivity index (χ4v) is 4.14. The maximum Gasteiger partial charge on any atom is 0.228 e. The van der Waals surface area contributed by atoms with Crippen molar-refractivity contribution in [3.05, 3.63) is 88.9 Å². The number of carbonyl (C=O) groups excluding carboxylic acids is 1. The van der Waals surface area contributed by atoms with E-state index in [1.807, 2.05) is 37.3 Å². The molecule has 0 fully saturated rings. The summed E-state index contributed by atoms with van der Waals surface area (Å²) in [7, 11) is 0. The number of pyridine rings is 1. The van der Waals surface area contributed by atoms with E-state index in [1.54, 1.807) is 30.5 Å². The number of halogens is 1. The van der Waals surface area contributed by atoms with Crippen LogP contribution in [-0.2, 0) is 13.0 Å². The van der Waals surface area contributed by atoms with Crippen LogP contribution in [-0.4, -0.2) is 41.7 Å². The zero-order valence-electron chi connectivity index (χ0n) is 19.3. The third-order valence-corrected chi connectivity index (χ3v) is 5.98. The Morgan fingerprint density at radius 1 is 1.09 bits per heavy atom. The van der Waals surface area contributed by atoms with E-state index in [9.17, 15) is 9.90 Å². The number of aliphatic hydroxyl groups is 1. The summed E-state index contributed by atoms with van der Waals surface area (Å²) in [5, 5.41) is 14.1. The highest BCUT2D eigenvalue weighted by molar-refractivity contribution is 6.09. The molecule has 0 amide bonds. The number of carbonyl (C=O) groups is 1. The van der Waals surface area contributed by atoms with E-state index in [0.29, 0.717) is 54.5 Å². The number of nitrogens with zero attached hydrogens (tertiary/aromatic N) is 1. The first-order chi connectivity index (χ1) is 16.6. The SMILES string of the molecule is Cc1ncc(CNC(CO)Cc2ccccc2)c2cc(C(=O)c3ccc4c(c3)OCCO4)oc12.Cl. The van der Waals surface area contributed by atoms with Gasteiger partial charge in [-0.1, -0.05) is 30.3 Å². The first kappa shape index (κ1) is 24.7. The highest BCUT2D eigenvalue weighted by Gasteiger charge is 2.21. The Bertz CT molecular complexity index is 1320. The number of hydrogen-bond donors (Lipinski definition) is 2. The van der Waals surface area contributed by atoms with Gasteiger partial charge >= 0.3 is 0 Å². The van der Waals surface area contributed by atoms with E-state index < -0.39 is 0 Å². The van der Waals surface area contributed by atoms with Crippen molar-refractivity contribution in [1.29, 1.82) is 0 Å². The Hall–Kier alpha value is -3.39. The fraction of sp³-hybridized carbons (Fsp3) is 0.259. The summed E-state index contributed by atoms with van der Waals surface area (Å²) in [5.74, 6) is 1.20. The van der Waals surface area contributed by atoms with Crippen molar-refractivity contribution in [2.24, 2.45) is 0 Å². The molecular formula is C27H27ClN2O5. The van der Waals surface area contributed by atoms with Crippen molar-refractivity contribution in [2.45, 2.75) is 25.9 Å². The molecule has 0 bridgehead atoms. The third kappa shape index (κ3) is 5.32. The van der Waals surface area contributed by atoms with Crippen molar-refractivity contribution in [1.82, 2.24) is 10.3 Å². The molecule has 35 heavy (non-hydrogen) atoms. The number of nitrogens with one attached hydrogen (secondary N) is 1. The van der Waals surface area contributed by atoms with Crippen LogP contribution in [0, 0.1) is 6.92 Å². The second-order valence-corrected chi connectivity index (χ2v) is 8.36. The number of aryl methyl sites for hydroxylation is 1. The second-order valence-electron chi connectivity index (χ2n) is 8.36. The smallest absolute Gasteiger partial charge is 0.228 e. The molecule has 2 aromatic carbocycles. The van der Waals surface area contributed by atoms with Gasteiger partial charge in [-0.3, -0.25) is 9.78 Å². The van der Waals surface area contributed by atoms with E-state index in [-0.39, 0.29) is 36.6 Å². The molecule has 5 rings (SSSR count). The van der Waals surface area contributed by atoms with Gasteiger partial charge in [0.15, 0.2) is 22.8 Å². The molecule has 182 valence electrons. The molecular weight excluding hydrogens is 468 g/mol. The molecule has 7 nitrogen and oxygen atoms in total. The fourth-order valence-electron chi connectivity index (χ4n) is 4.14. The minimum absolute atomic E-state index is 0. The van der Waals surface area contributed by atoms with Gasteiger partial charge in [0.2, 0.25) is 5.78 Å². The minimum Gasteiger partial charge on any atom is -0.486 e. The molecule has 0 aliphatic carbocycles. The van der Waals surface area contributed by atoms with E-state index >= 15 is 0 Å². The Labute approximate surface area is 209 Å². The summed E-state index contributed by atoms with van der Waals surface area (Å²) in [6.45, 7) is 3.30. The standard InChI is InChI=1S/C27H26N2O5.ClH/c1-17-27-22(20(14-28-17)15-29-21(16-30)11-18-5-3-2-4-6-18)13-25(34-27)26(31)19-7-8-23-24(12-19)33-10-9-32-23;/h2-8,12-14,21,29-30H,9-11,15-16H2,1H3;1H. The molecule has 1 atom stereocenters. The Morgan fingerprint density at radius 2 is 1.86 bits per heavy atom. The number of hydrogen-bond acceptors (Lipinski definition) is 7. The highest BCUT2D eigenvalue weighted by Crippen LogP contribution is 2.32. The number of furan rings is 1. The quantitative estimate of drug-likeness (QED) is 0.353. The van der Waals surface area contributed by atoms with Gasteiger partial charge < -0.3 is 24.3 Å². The van der Waals surface area contributed by atoms with Gasteiger partial charge in [0.25, 0.3) is 0 Å². The zero-order valence-corrected chi connectivity index (χ0v) is 20.1.